The molecule has 6 nitrogen and oxygen atoms in total. The summed E-state index contributed by atoms with van der Waals surface area (Å²) in [6.07, 6.45) is 2.10. The number of hydrogen-bond donors (Lipinski definition) is 2. The van der Waals surface area contributed by atoms with Crippen LogP contribution in [0.5, 0.6) is 0 Å². The normalized spacial score (nSPS) is 24.9. The topological polar surface area (TPSA) is 78.5 Å². The molecule has 0 unspecified atom stereocenters. The number of hydrogen-bond acceptors (Lipinski definition) is 4. The molecule has 7 heteroatoms. The van der Waals surface area contributed by atoms with Gasteiger partial charge >= 0.3 is 0 Å². The van der Waals surface area contributed by atoms with Crippen molar-refractivity contribution in [1.29, 1.82) is 0 Å². The van der Waals surface area contributed by atoms with Crippen molar-refractivity contribution in [3.05, 3.63) is 52.3 Å². The molecule has 2 aliphatic heterocycles. The third-order valence-corrected chi connectivity index (χ3v) is 6.16. The largest absolute Gasteiger partial charge is 0.393 e. The Morgan fingerprint density at radius 1 is 1.33 bits per heavy atom. The van der Waals surface area contributed by atoms with Gasteiger partial charge in [-0.25, -0.2) is 0 Å². The number of aliphatic hydroxyl groups excluding tert-OH is 1. The maximum Gasteiger partial charge on any atom is 0.275 e. The zero-order valence-electron chi connectivity index (χ0n) is 15.3. The second kappa shape index (κ2) is 7.26. The van der Waals surface area contributed by atoms with Gasteiger partial charge in [-0.1, -0.05) is 41.9 Å². The van der Waals surface area contributed by atoms with Crippen molar-refractivity contribution in [2.75, 3.05) is 13.1 Å². The lowest BCUT2D eigenvalue weighted by Crippen LogP contribution is -2.52. The first-order valence-corrected chi connectivity index (χ1v) is 9.76. The Labute approximate surface area is 163 Å². The van der Waals surface area contributed by atoms with Crippen LogP contribution in [-0.4, -0.2) is 50.9 Å². The molecule has 0 saturated carbocycles. The predicted molar refractivity (Wildman–Crippen MR) is 102 cm³/mol. The molecule has 144 valence electrons. The van der Waals surface area contributed by atoms with E-state index in [1.54, 1.807) is 11.8 Å². The second-order valence-corrected chi connectivity index (χ2v) is 7.98. The first-order valence-electron chi connectivity index (χ1n) is 9.38. The van der Waals surface area contributed by atoms with Crippen LogP contribution < -0.4 is 0 Å². The number of halogens is 1. The van der Waals surface area contributed by atoms with E-state index in [-0.39, 0.29) is 23.3 Å². The van der Waals surface area contributed by atoms with Gasteiger partial charge in [0.2, 0.25) is 0 Å². The van der Waals surface area contributed by atoms with E-state index in [4.69, 9.17) is 16.3 Å². The number of nitrogens with one attached hydrogen (secondary N) is 1. The Morgan fingerprint density at radius 3 is 2.67 bits per heavy atom. The number of aromatic amines is 1. The summed E-state index contributed by atoms with van der Waals surface area (Å²) in [5.74, 6) is -0.157. The van der Waals surface area contributed by atoms with Gasteiger partial charge in [-0.05, 0) is 25.3 Å². The average Bonchev–Trinajstić information content (AvgIpc) is 3.01. The van der Waals surface area contributed by atoms with Gasteiger partial charge in [-0.15, -0.1) is 0 Å². The Kier molecular flexibility index (Phi) is 4.97. The maximum atomic E-state index is 12.7. The van der Waals surface area contributed by atoms with Crippen LogP contribution in [0, 0.1) is 6.92 Å². The SMILES string of the molecule is Cc1[nH]nc(C(=O)N2CCC3(CC2)C[C@H](O)C[C@H](c2ccccc2)O3)c1Cl. The molecule has 1 aromatic carbocycles. The number of aliphatic hydroxyl groups is 1. The number of aryl methyl sites for hydroxylation is 1. The minimum Gasteiger partial charge on any atom is -0.393 e. The van der Waals surface area contributed by atoms with Crippen LogP contribution in [0.15, 0.2) is 30.3 Å². The minimum absolute atomic E-state index is 0.111. The van der Waals surface area contributed by atoms with Crippen LogP contribution in [0.1, 0.15) is 53.5 Å². The summed E-state index contributed by atoms with van der Waals surface area (Å²) < 4.78 is 6.49. The number of benzene rings is 1. The number of carbonyl (C=O) groups excluding carboxylic acids is 1. The molecule has 0 bridgehead atoms. The second-order valence-electron chi connectivity index (χ2n) is 7.60. The van der Waals surface area contributed by atoms with Crippen molar-refractivity contribution in [3.8, 4) is 0 Å². The van der Waals surface area contributed by atoms with E-state index in [2.05, 4.69) is 10.2 Å². The van der Waals surface area contributed by atoms with E-state index >= 15 is 0 Å². The molecule has 2 atom stereocenters. The van der Waals surface area contributed by atoms with Gasteiger partial charge in [0.25, 0.3) is 5.91 Å². The fraction of sp³-hybridized carbons (Fsp3) is 0.500. The van der Waals surface area contributed by atoms with E-state index in [1.807, 2.05) is 30.3 Å². The summed E-state index contributed by atoms with van der Waals surface area (Å²) >= 11 is 6.17. The molecular formula is C20H24ClN3O3. The molecule has 27 heavy (non-hydrogen) atoms. The maximum absolute atomic E-state index is 12.7. The van der Waals surface area contributed by atoms with Crippen LogP contribution in [0.2, 0.25) is 5.02 Å². The van der Waals surface area contributed by atoms with E-state index in [0.29, 0.717) is 49.5 Å². The van der Waals surface area contributed by atoms with E-state index in [0.717, 1.165) is 5.56 Å². The van der Waals surface area contributed by atoms with Crippen molar-refractivity contribution in [1.82, 2.24) is 15.1 Å². The zero-order valence-corrected chi connectivity index (χ0v) is 16.1. The molecule has 2 fully saturated rings. The van der Waals surface area contributed by atoms with Gasteiger partial charge in [0.15, 0.2) is 5.69 Å². The zero-order chi connectivity index (χ0) is 19.0. The molecule has 2 aromatic rings. The Morgan fingerprint density at radius 2 is 2.04 bits per heavy atom. The number of likely N-dealkylation sites (tertiary alicyclic amines) is 1. The molecule has 0 aliphatic carbocycles. The van der Waals surface area contributed by atoms with Crippen LogP contribution >= 0.6 is 11.6 Å². The minimum atomic E-state index is -0.394. The highest BCUT2D eigenvalue weighted by atomic mass is 35.5. The smallest absolute Gasteiger partial charge is 0.275 e. The lowest BCUT2D eigenvalue weighted by Gasteiger charge is -2.48. The molecule has 4 rings (SSSR count). The highest BCUT2D eigenvalue weighted by Crippen LogP contribution is 2.43. The number of nitrogens with zero attached hydrogens (tertiary/aromatic N) is 2. The number of piperidine rings is 1. The van der Waals surface area contributed by atoms with Gasteiger partial charge < -0.3 is 14.7 Å². The fourth-order valence-corrected chi connectivity index (χ4v) is 4.34. The number of H-pyrrole nitrogens is 1. The highest BCUT2D eigenvalue weighted by Gasteiger charge is 2.44. The summed E-state index contributed by atoms with van der Waals surface area (Å²) in [6.45, 7) is 2.92. The van der Waals surface area contributed by atoms with Gasteiger partial charge in [-0.3, -0.25) is 9.89 Å². The Hall–Kier alpha value is -1.89. The van der Waals surface area contributed by atoms with Crippen molar-refractivity contribution in [2.24, 2.45) is 0 Å². The number of amides is 1. The molecule has 1 aromatic heterocycles. The van der Waals surface area contributed by atoms with Gasteiger partial charge in [0, 0.05) is 25.9 Å². The van der Waals surface area contributed by atoms with Crippen molar-refractivity contribution in [2.45, 2.75) is 50.4 Å². The summed E-state index contributed by atoms with van der Waals surface area (Å²) in [7, 11) is 0. The van der Waals surface area contributed by atoms with Crippen molar-refractivity contribution < 1.29 is 14.6 Å². The van der Waals surface area contributed by atoms with Crippen LogP contribution in [0.3, 0.4) is 0 Å². The molecule has 2 aliphatic rings. The van der Waals surface area contributed by atoms with Crippen LogP contribution in [0.25, 0.3) is 0 Å². The number of rotatable bonds is 2. The standard InChI is InChI=1S/C20H24ClN3O3/c1-13-17(21)18(23-22-13)19(26)24-9-7-20(8-10-24)12-15(25)11-16(27-20)14-5-3-2-4-6-14/h2-6,15-16,25H,7-12H2,1H3,(H,22,23)/t15-,16-/m1/s1. The lowest BCUT2D eigenvalue weighted by molar-refractivity contribution is -0.181. The summed E-state index contributed by atoms with van der Waals surface area (Å²) in [6, 6.07) is 10.0. The Balaban J connectivity index is 1.45. The lowest BCUT2D eigenvalue weighted by atomic mass is 9.81. The first kappa shape index (κ1) is 18.5. The average molecular weight is 390 g/mol. The first-order chi connectivity index (χ1) is 13.0. The van der Waals surface area contributed by atoms with Crippen molar-refractivity contribution in [3.63, 3.8) is 0 Å². The molecular weight excluding hydrogens is 366 g/mol. The highest BCUT2D eigenvalue weighted by molar-refractivity contribution is 6.34. The molecule has 1 spiro atoms. The summed E-state index contributed by atoms with van der Waals surface area (Å²) in [4.78, 5) is 14.5. The fourth-order valence-electron chi connectivity index (χ4n) is 4.18. The van der Waals surface area contributed by atoms with Gasteiger partial charge in [0.1, 0.15) is 0 Å². The summed E-state index contributed by atoms with van der Waals surface area (Å²) in [5.41, 5.74) is 1.67. The molecule has 2 saturated heterocycles. The van der Waals surface area contributed by atoms with E-state index in [1.165, 1.54) is 0 Å². The third kappa shape index (κ3) is 3.61. The molecule has 2 N–H and O–H groups in total. The summed E-state index contributed by atoms with van der Waals surface area (Å²) in [5, 5.41) is 17.6. The molecule has 0 radical (unpaired) electrons. The van der Waals surface area contributed by atoms with Gasteiger partial charge in [-0.2, -0.15) is 5.10 Å². The monoisotopic (exact) mass is 389 g/mol. The molecule has 3 heterocycles. The van der Waals surface area contributed by atoms with E-state index in [9.17, 15) is 9.90 Å². The number of carbonyl (C=O) groups is 1. The number of ether oxygens (including phenoxy) is 1. The quantitative estimate of drug-likeness (QED) is 0.826. The number of aromatic nitrogens is 2. The van der Waals surface area contributed by atoms with E-state index < -0.39 is 6.10 Å². The Bertz CT molecular complexity index is 815. The molecule has 1 amide bonds. The van der Waals surface area contributed by atoms with Crippen molar-refractivity contribution >= 4 is 17.5 Å². The van der Waals surface area contributed by atoms with Crippen LogP contribution in [-0.2, 0) is 4.74 Å². The third-order valence-electron chi connectivity index (χ3n) is 5.69. The van der Waals surface area contributed by atoms with Gasteiger partial charge in [0.05, 0.1) is 28.5 Å². The predicted octanol–water partition coefficient (Wildman–Crippen LogP) is 3.26. The van der Waals surface area contributed by atoms with Crippen LogP contribution in [0.4, 0.5) is 0 Å².